The van der Waals surface area contributed by atoms with E-state index in [9.17, 15) is 4.79 Å². The summed E-state index contributed by atoms with van der Waals surface area (Å²) in [7, 11) is 0. The predicted octanol–water partition coefficient (Wildman–Crippen LogP) is 3.67. The number of rotatable bonds is 4. The number of nitrogens with zero attached hydrogens (tertiary/aromatic N) is 1. The van der Waals surface area contributed by atoms with Gasteiger partial charge in [-0.15, -0.1) is 0 Å². The first-order valence-electron chi connectivity index (χ1n) is 6.69. The van der Waals surface area contributed by atoms with Gasteiger partial charge < -0.3 is 10.4 Å². The van der Waals surface area contributed by atoms with E-state index in [1.807, 2.05) is 0 Å². The molecule has 1 aromatic heterocycles. The standard InChI is InChI=1S/C14H19ClN2O2/c1-9-3-2-4-10(5-9)8-16-13-7-11(14(18)19)6-12(15)17-13/h6-7,9-10H,2-5,8H2,1H3,(H,16,17)(H,18,19). The first-order valence-corrected chi connectivity index (χ1v) is 7.07. The second-order valence-electron chi connectivity index (χ2n) is 5.39. The Morgan fingerprint density at radius 2 is 2.32 bits per heavy atom. The van der Waals surface area contributed by atoms with Crippen molar-refractivity contribution in [2.75, 3.05) is 11.9 Å². The maximum absolute atomic E-state index is 10.9. The van der Waals surface area contributed by atoms with Crippen molar-refractivity contribution in [3.63, 3.8) is 0 Å². The monoisotopic (exact) mass is 282 g/mol. The van der Waals surface area contributed by atoms with Crippen LogP contribution in [0, 0.1) is 11.8 Å². The Labute approximate surface area is 118 Å². The maximum atomic E-state index is 10.9. The zero-order chi connectivity index (χ0) is 13.8. The number of nitrogens with one attached hydrogen (secondary N) is 1. The molecule has 2 rings (SSSR count). The highest BCUT2D eigenvalue weighted by atomic mass is 35.5. The molecule has 104 valence electrons. The largest absolute Gasteiger partial charge is 0.478 e. The number of pyridine rings is 1. The van der Waals surface area contributed by atoms with Crippen LogP contribution >= 0.6 is 11.6 Å². The van der Waals surface area contributed by atoms with Gasteiger partial charge in [-0.25, -0.2) is 9.78 Å². The van der Waals surface area contributed by atoms with Crippen LogP contribution in [0.15, 0.2) is 12.1 Å². The minimum Gasteiger partial charge on any atom is -0.478 e. The highest BCUT2D eigenvalue weighted by Gasteiger charge is 2.18. The van der Waals surface area contributed by atoms with Crippen molar-refractivity contribution in [3.8, 4) is 0 Å². The lowest BCUT2D eigenvalue weighted by Crippen LogP contribution is -2.21. The number of carbonyl (C=O) groups is 1. The summed E-state index contributed by atoms with van der Waals surface area (Å²) >= 11 is 5.82. The first-order chi connectivity index (χ1) is 9.04. The summed E-state index contributed by atoms with van der Waals surface area (Å²) in [5.74, 6) is 0.974. The summed E-state index contributed by atoms with van der Waals surface area (Å²) in [4.78, 5) is 15.1. The van der Waals surface area contributed by atoms with Crippen LogP contribution in [-0.4, -0.2) is 22.6 Å². The molecule has 1 aromatic rings. The zero-order valence-corrected chi connectivity index (χ0v) is 11.8. The number of aromatic nitrogens is 1. The smallest absolute Gasteiger partial charge is 0.335 e. The van der Waals surface area contributed by atoms with E-state index in [1.54, 1.807) is 0 Å². The molecule has 4 nitrogen and oxygen atoms in total. The number of carboxylic acids is 1. The van der Waals surface area contributed by atoms with Gasteiger partial charge in [0.15, 0.2) is 0 Å². The maximum Gasteiger partial charge on any atom is 0.335 e. The van der Waals surface area contributed by atoms with Crippen molar-refractivity contribution in [3.05, 3.63) is 22.8 Å². The lowest BCUT2D eigenvalue weighted by molar-refractivity contribution is 0.0697. The molecule has 0 saturated heterocycles. The SMILES string of the molecule is CC1CCCC(CNc2cc(C(=O)O)cc(Cl)n2)C1. The van der Waals surface area contributed by atoms with E-state index in [0.717, 1.165) is 12.5 Å². The Balaban J connectivity index is 1.97. The van der Waals surface area contributed by atoms with Crippen molar-refractivity contribution in [1.82, 2.24) is 4.98 Å². The van der Waals surface area contributed by atoms with Gasteiger partial charge in [-0.2, -0.15) is 0 Å². The van der Waals surface area contributed by atoms with Crippen LogP contribution in [0.25, 0.3) is 0 Å². The fraction of sp³-hybridized carbons (Fsp3) is 0.571. The molecular formula is C14H19ClN2O2. The third-order valence-electron chi connectivity index (χ3n) is 3.66. The second-order valence-corrected chi connectivity index (χ2v) is 5.77. The van der Waals surface area contributed by atoms with Gasteiger partial charge in [-0.1, -0.05) is 31.4 Å². The van der Waals surface area contributed by atoms with E-state index >= 15 is 0 Å². The van der Waals surface area contributed by atoms with Crippen LogP contribution in [-0.2, 0) is 0 Å². The van der Waals surface area contributed by atoms with Gasteiger partial charge in [-0.3, -0.25) is 0 Å². The summed E-state index contributed by atoms with van der Waals surface area (Å²) in [6.45, 7) is 3.11. The zero-order valence-electron chi connectivity index (χ0n) is 11.0. The van der Waals surface area contributed by atoms with Crippen LogP contribution in [0.3, 0.4) is 0 Å². The predicted molar refractivity (Wildman–Crippen MR) is 75.8 cm³/mol. The Hall–Kier alpha value is -1.29. The van der Waals surface area contributed by atoms with Crippen molar-refractivity contribution in [1.29, 1.82) is 0 Å². The van der Waals surface area contributed by atoms with Crippen molar-refractivity contribution in [2.45, 2.75) is 32.6 Å². The van der Waals surface area contributed by atoms with Crippen LogP contribution in [0.5, 0.6) is 0 Å². The number of anilines is 1. The van der Waals surface area contributed by atoms with E-state index in [1.165, 1.54) is 37.8 Å². The molecule has 0 spiro atoms. The highest BCUT2D eigenvalue weighted by molar-refractivity contribution is 6.29. The van der Waals surface area contributed by atoms with Gasteiger partial charge in [0, 0.05) is 6.54 Å². The Kier molecular flexibility index (Phi) is 4.64. The van der Waals surface area contributed by atoms with E-state index < -0.39 is 5.97 Å². The van der Waals surface area contributed by atoms with E-state index in [4.69, 9.17) is 16.7 Å². The lowest BCUT2D eigenvalue weighted by atomic mass is 9.82. The highest BCUT2D eigenvalue weighted by Crippen LogP contribution is 2.28. The quantitative estimate of drug-likeness (QED) is 0.827. The summed E-state index contributed by atoms with van der Waals surface area (Å²) < 4.78 is 0. The van der Waals surface area contributed by atoms with Crippen molar-refractivity contribution in [2.24, 2.45) is 11.8 Å². The van der Waals surface area contributed by atoms with Gasteiger partial charge in [0.05, 0.1) is 5.56 Å². The molecule has 5 heteroatoms. The second kappa shape index (κ2) is 6.24. The fourth-order valence-electron chi connectivity index (χ4n) is 2.70. The molecule has 0 aliphatic heterocycles. The lowest BCUT2D eigenvalue weighted by Gasteiger charge is -2.26. The molecule has 19 heavy (non-hydrogen) atoms. The molecule has 2 N–H and O–H groups in total. The van der Waals surface area contributed by atoms with Gasteiger partial charge in [-0.05, 0) is 36.8 Å². The first kappa shape index (κ1) is 14.1. The molecule has 1 heterocycles. The molecule has 2 atom stereocenters. The Bertz CT molecular complexity index is 465. The molecule has 0 bridgehead atoms. The molecule has 1 fully saturated rings. The Morgan fingerprint density at radius 1 is 1.53 bits per heavy atom. The van der Waals surface area contributed by atoms with Gasteiger partial charge in [0.25, 0.3) is 0 Å². The van der Waals surface area contributed by atoms with Crippen LogP contribution < -0.4 is 5.32 Å². The molecule has 1 aliphatic carbocycles. The number of hydrogen-bond donors (Lipinski definition) is 2. The van der Waals surface area contributed by atoms with Crippen LogP contribution in [0.1, 0.15) is 43.0 Å². The minimum atomic E-state index is -0.987. The van der Waals surface area contributed by atoms with Crippen molar-refractivity contribution < 1.29 is 9.90 Å². The molecule has 0 amide bonds. The van der Waals surface area contributed by atoms with Gasteiger partial charge >= 0.3 is 5.97 Å². The number of halogens is 1. The van der Waals surface area contributed by atoms with Crippen LogP contribution in [0.2, 0.25) is 5.15 Å². The Morgan fingerprint density at radius 3 is 3.00 bits per heavy atom. The summed E-state index contributed by atoms with van der Waals surface area (Å²) in [6, 6.07) is 2.89. The average Bonchev–Trinajstić information content (AvgIpc) is 2.36. The number of aromatic carboxylic acids is 1. The van der Waals surface area contributed by atoms with E-state index in [0.29, 0.717) is 11.7 Å². The molecule has 2 unspecified atom stereocenters. The summed E-state index contributed by atoms with van der Waals surface area (Å²) in [5, 5.41) is 12.4. The fourth-order valence-corrected chi connectivity index (χ4v) is 2.91. The topological polar surface area (TPSA) is 62.2 Å². The van der Waals surface area contributed by atoms with Gasteiger partial charge in [0.1, 0.15) is 11.0 Å². The minimum absolute atomic E-state index is 0.166. The normalized spacial score (nSPS) is 23.1. The molecule has 1 aliphatic rings. The summed E-state index contributed by atoms with van der Waals surface area (Å²) in [5.41, 5.74) is 0.166. The van der Waals surface area contributed by atoms with E-state index in [-0.39, 0.29) is 10.7 Å². The average molecular weight is 283 g/mol. The van der Waals surface area contributed by atoms with Crippen LogP contribution in [0.4, 0.5) is 5.82 Å². The summed E-state index contributed by atoms with van der Waals surface area (Å²) in [6.07, 6.45) is 5.04. The number of hydrogen-bond acceptors (Lipinski definition) is 3. The molecule has 1 saturated carbocycles. The molecule has 0 radical (unpaired) electrons. The molecular weight excluding hydrogens is 264 g/mol. The third-order valence-corrected chi connectivity index (χ3v) is 3.85. The molecule has 0 aromatic carbocycles. The van der Waals surface area contributed by atoms with Crippen molar-refractivity contribution >= 4 is 23.4 Å². The van der Waals surface area contributed by atoms with E-state index in [2.05, 4.69) is 17.2 Å². The van der Waals surface area contributed by atoms with Gasteiger partial charge in [0.2, 0.25) is 0 Å². The number of carboxylic acid groups (broad SMARTS) is 1. The third kappa shape index (κ3) is 4.10.